The van der Waals surface area contributed by atoms with E-state index in [9.17, 15) is 5.26 Å². The molecule has 0 aromatic heterocycles. The van der Waals surface area contributed by atoms with Crippen molar-refractivity contribution in [2.45, 2.75) is 64.4 Å². The maximum atomic E-state index is 10.0. The molecule has 190 valence electrons. The van der Waals surface area contributed by atoms with Gasteiger partial charge in [-0.3, -0.25) is 0 Å². The molecule has 6 rings (SSSR count). The van der Waals surface area contributed by atoms with Crippen LogP contribution in [0.4, 0.5) is 0 Å². The van der Waals surface area contributed by atoms with Crippen molar-refractivity contribution in [2.75, 3.05) is 18.1 Å². The third-order valence-electron chi connectivity index (χ3n) is 8.26. The van der Waals surface area contributed by atoms with E-state index in [1.165, 1.54) is 70.6 Å². The van der Waals surface area contributed by atoms with Crippen molar-refractivity contribution in [3.8, 4) is 28.7 Å². The third kappa shape index (κ3) is 5.12. The highest BCUT2D eigenvalue weighted by Gasteiger charge is 2.30. The molecule has 0 radical (unpaired) electrons. The smallest absolute Gasteiger partial charge is 0.124 e. The van der Waals surface area contributed by atoms with E-state index >= 15 is 0 Å². The molecule has 0 bridgehead atoms. The molecule has 1 saturated heterocycles. The Morgan fingerprint density at radius 3 is 2.27 bits per heavy atom. The summed E-state index contributed by atoms with van der Waals surface area (Å²) in [6, 6.07) is 19.6. The van der Waals surface area contributed by atoms with Crippen LogP contribution in [0.25, 0.3) is 11.1 Å². The first-order valence-corrected chi connectivity index (χ1v) is 14.9. The van der Waals surface area contributed by atoms with Gasteiger partial charge in [0, 0.05) is 5.56 Å². The summed E-state index contributed by atoms with van der Waals surface area (Å²) in [6.07, 6.45) is 6.98. The Labute approximate surface area is 225 Å². The summed E-state index contributed by atoms with van der Waals surface area (Å²) >= 11 is 2.05. The minimum Gasteiger partial charge on any atom is -0.493 e. The molecule has 2 aliphatic carbocycles. The van der Waals surface area contributed by atoms with Crippen LogP contribution in [0.3, 0.4) is 0 Å². The second-order valence-corrected chi connectivity index (χ2v) is 12.2. The molecular formula is C33H35NO2S. The Morgan fingerprint density at radius 2 is 1.59 bits per heavy atom. The maximum Gasteiger partial charge on any atom is 0.124 e. The largest absolute Gasteiger partial charge is 0.493 e. The number of hydrogen-bond acceptors (Lipinski definition) is 4. The summed E-state index contributed by atoms with van der Waals surface area (Å²) in [5, 5.41) is 10.0. The van der Waals surface area contributed by atoms with Crippen molar-refractivity contribution >= 4 is 11.8 Å². The summed E-state index contributed by atoms with van der Waals surface area (Å²) in [6.45, 7) is 5.10. The minimum absolute atomic E-state index is 0.0187. The standard InChI is InChI=1S/C33H35NO2S/c1-21-17-28(35-20-23-13-15-37-16-14-23)18-22(2)32(21)33-26(19-34)7-10-29-30(33)11-12-31(29)36-27-8-5-25(6-9-27)24-3-4-24/h5-10,17-18,23-24,31H,3-4,11-16,20H2,1-2H3. The molecular weight excluding hydrogens is 474 g/mol. The van der Waals surface area contributed by atoms with E-state index in [2.05, 4.69) is 74.1 Å². The Bertz CT molecular complexity index is 1310. The molecule has 3 aromatic rings. The van der Waals surface area contributed by atoms with Crippen molar-refractivity contribution in [1.29, 1.82) is 5.26 Å². The van der Waals surface area contributed by atoms with Crippen LogP contribution >= 0.6 is 11.8 Å². The number of hydrogen-bond donors (Lipinski definition) is 0. The lowest BCUT2D eigenvalue weighted by molar-refractivity contribution is 0.207. The predicted molar refractivity (Wildman–Crippen MR) is 152 cm³/mol. The second kappa shape index (κ2) is 10.5. The summed E-state index contributed by atoms with van der Waals surface area (Å²) in [4.78, 5) is 0. The molecule has 3 nitrogen and oxygen atoms in total. The lowest BCUT2D eigenvalue weighted by atomic mass is 9.87. The first-order valence-electron chi connectivity index (χ1n) is 13.8. The normalized spacial score (nSPS) is 19.3. The number of rotatable bonds is 7. The monoisotopic (exact) mass is 509 g/mol. The highest BCUT2D eigenvalue weighted by Crippen LogP contribution is 2.45. The average Bonchev–Trinajstić information content (AvgIpc) is 3.69. The van der Waals surface area contributed by atoms with Gasteiger partial charge in [0.05, 0.1) is 18.2 Å². The van der Waals surface area contributed by atoms with E-state index in [-0.39, 0.29) is 6.10 Å². The molecule has 3 aromatic carbocycles. The fraction of sp³-hybridized carbons (Fsp3) is 0.424. The molecule has 1 saturated carbocycles. The van der Waals surface area contributed by atoms with E-state index in [0.717, 1.165) is 48.0 Å². The Balaban J connectivity index is 1.27. The summed E-state index contributed by atoms with van der Waals surface area (Å²) < 4.78 is 12.7. The Kier molecular flexibility index (Phi) is 6.91. The highest BCUT2D eigenvalue weighted by atomic mass is 32.2. The lowest BCUT2D eigenvalue weighted by Crippen LogP contribution is -2.17. The predicted octanol–water partition coefficient (Wildman–Crippen LogP) is 8.31. The number of nitrogens with zero attached hydrogens (tertiary/aromatic N) is 1. The third-order valence-corrected chi connectivity index (χ3v) is 9.31. The van der Waals surface area contributed by atoms with Gasteiger partial charge in [0.1, 0.15) is 17.6 Å². The van der Waals surface area contributed by atoms with Gasteiger partial charge in [-0.05, 0) is 139 Å². The van der Waals surface area contributed by atoms with Gasteiger partial charge in [-0.1, -0.05) is 18.2 Å². The van der Waals surface area contributed by atoms with Gasteiger partial charge in [-0.25, -0.2) is 0 Å². The van der Waals surface area contributed by atoms with E-state index in [1.807, 2.05) is 6.07 Å². The van der Waals surface area contributed by atoms with Gasteiger partial charge < -0.3 is 9.47 Å². The number of ether oxygens (including phenoxy) is 2. The number of fused-ring (bicyclic) bond motifs is 1. The number of nitriles is 1. The van der Waals surface area contributed by atoms with Crippen molar-refractivity contribution < 1.29 is 9.47 Å². The lowest BCUT2D eigenvalue weighted by Gasteiger charge is -2.22. The van der Waals surface area contributed by atoms with E-state index in [0.29, 0.717) is 5.92 Å². The van der Waals surface area contributed by atoms with E-state index in [4.69, 9.17) is 9.47 Å². The molecule has 3 aliphatic rings. The molecule has 1 aliphatic heterocycles. The number of aryl methyl sites for hydroxylation is 2. The van der Waals surface area contributed by atoms with Crippen LogP contribution in [-0.2, 0) is 6.42 Å². The van der Waals surface area contributed by atoms with Gasteiger partial charge >= 0.3 is 0 Å². The summed E-state index contributed by atoms with van der Waals surface area (Å²) in [7, 11) is 0. The zero-order valence-electron chi connectivity index (χ0n) is 21.9. The highest BCUT2D eigenvalue weighted by molar-refractivity contribution is 7.99. The topological polar surface area (TPSA) is 42.2 Å². The van der Waals surface area contributed by atoms with Gasteiger partial charge in [0.15, 0.2) is 0 Å². The van der Waals surface area contributed by atoms with Gasteiger partial charge in [-0.2, -0.15) is 17.0 Å². The van der Waals surface area contributed by atoms with Crippen LogP contribution in [0.15, 0.2) is 48.5 Å². The van der Waals surface area contributed by atoms with Gasteiger partial charge in [0.2, 0.25) is 0 Å². The van der Waals surface area contributed by atoms with Gasteiger partial charge in [0.25, 0.3) is 0 Å². The molecule has 0 amide bonds. The molecule has 0 spiro atoms. The molecule has 1 heterocycles. The van der Waals surface area contributed by atoms with Crippen LogP contribution < -0.4 is 9.47 Å². The second-order valence-electron chi connectivity index (χ2n) is 11.0. The molecule has 0 N–H and O–H groups in total. The first kappa shape index (κ1) is 24.4. The van der Waals surface area contributed by atoms with E-state index < -0.39 is 0 Å². The zero-order valence-corrected chi connectivity index (χ0v) is 22.7. The average molecular weight is 510 g/mol. The number of benzene rings is 3. The van der Waals surface area contributed by atoms with Crippen molar-refractivity contribution in [2.24, 2.45) is 5.92 Å². The van der Waals surface area contributed by atoms with Crippen molar-refractivity contribution in [1.82, 2.24) is 0 Å². The molecule has 2 fully saturated rings. The quantitative estimate of drug-likeness (QED) is 0.321. The summed E-state index contributed by atoms with van der Waals surface area (Å²) in [5.74, 6) is 5.78. The van der Waals surface area contributed by atoms with Crippen molar-refractivity contribution in [3.05, 3.63) is 81.9 Å². The van der Waals surface area contributed by atoms with Crippen LogP contribution in [0, 0.1) is 31.1 Å². The van der Waals surface area contributed by atoms with Crippen LogP contribution in [0.1, 0.15) is 77.5 Å². The van der Waals surface area contributed by atoms with Crippen LogP contribution in [0.2, 0.25) is 0 Å². The first-order chi connectivity index (χ1) is 18.1. The molecule has 4 heteroatoms. The summed E-state index contributed by atoms with van der Waals surface area (Å²) in [5.41, 5.74) is 9.24. The molecule has 37 heavy (non-hydrogen) atoms. The van der Waals surface area contributed by atoms with Crippen LogP contribution in [-0.4, -0.2) is 18.1 Å². The SMILES string of the molecule is Cc1cc(OCC2CCSCC2)cc(C)c1-c1c(C#N)ccc2c1CCC2Oc1ccc(C2CC2)cc1. The molecule has 1 atom stereocenters. The van der Waals surface area contributed by atoms with Gasteiger partial charge in [-0.15, -0.1) is 0 Å². The number of thioether (sulfide) groups is 1. The fourth-order valence-corrected chi connectivity index (χ4v) is 7.30. The molecule has 1 unspecified atom stereocenters. The Hall–Kier alpha value is -2.90. The van der Waals surface area contributed by atoms with Crippen molar-refractivity contribution in [3.63, 3.8) is 0 Å². The van der Waals surface area contributed by atoms with Crippen LogP contribution in [0.5, 0.6) is 11.5 Å². The maximum absolute atomic E-state index is 10.0. The zero-order chi connectivity index (χ0) is 25.4. The fourth-order valence-electron chi connectivity index (χ4n) is 6.10. The van der Waals surface area contributed by atoms with E-state index in [1.54, 1.807) is 0 Å². The Morgan fingerprint density at radius 1 is 0.865 bits per heavy atom. The minimum atomic E-state index is 0.0187.